The van der Waals surface area contributed by atoms with Gasteiger partial charge < -0.3 is 5.32 Å². The van der Waals surface area contributed by atoms with Gasteiger partial charge in [-0.1, -0.05) is 0 Å². The minimum Gasteiger partial charge on any atom is -0.379 e. The van der Waals surface area contributed by atoms with Crippen LogP contribution in [0.5, 0.6) is 0 Å². The zero-order valence-corrected chi connectivity index (χ0v) is 12.6. The van der Waals surface area contributed by atoms with E-state index in [4.69, 9.17) is 5.26 Å². The van der Waals surface area contributed by atoms with Gasteiger partial charge in [-0.25, -0.2) is 0 Å². The summed E-state index contributed by atoms with van der Waals surface area (Å²) >= 11 is 5.05. The van der Waals surface area contributed by atoms with Crippen LogP contribution >= 0.6 is 27.3 Å². The van der Waals surface area contributed by atoms with Gasteiger partial charge in [-0.05, 0) is 53.2 Å². The number of nitrogens with zero attached hydrogens (tertiary/aromatic N) is 1. The van der Waals surface area contributed by atoms with Gasteiger partial charge in [0.2, 0.25) is 0 Å². The Morgan fingerprint density at radius 3 is 2.79 bits per heavy atom. The number of hydrogen-bond acceptors (Lipinski definition) is 4. The molecule has 0 radical (unpaired) electrons. The second-order valence-corrected chi connectivity index (χ2v) is 6.54. The Hall–Kier alpha value is -1.64. The molecule has 5 heteroatoms. The highest BCUT2D eigenvalue weighted by Gasteiger charge is 2.07. The number of rotatable bonds is 4. The lowest BCUT2D eigenvalue weighted by Gasteiger charge is -2.08. The molecule has 0 aliphatic heterocycles. The van der Waals surface area contributed by atoms with Crippen molar-refractivity contribution < 1.29 is 4.79 Å². The van der Waals surface area contributed by atoms with Crippen LogP contribution in [-0.2, 0) is 6.54 Å². The summed E-state index contributed by atoms with van der Waals surface area (Å²) in [6, 6.07) is 11.2. The number of Topliss-reactive ketones (excluding diaryl/α,β-unsaturated/α-hetero) is 1. The molecule has 3 nitrogen and oxygen atoms in total. The topological polar surface area (TPSA) is 52.9 Å². The Morgan fingerprint density at radius 2 is 2.21 bits per heavy atom. The van der Waals surface area contributed by atoms with Crippen molar-refractivity contribution in [1.29, 1.82) is 5.26 Å². The number of ketones is 1. The smallest absolute Gasteiger partial charge is 0.159 e. The van der Waals surface area contributed by atoms with Crippen LogP contribution in [0.4, 0.5) is 5.69 Å². The minimum absolute atomic E-state index is 0.00796. The van der Waals surface area contributed by atoms with Gasteiger partial charge in [0.1, 0.15) is 6.07 Å². The molecule has 0 bridgehead atoms. The third-order valence-electron chi connectivity index (χ3n) is 2.63. The van der Waals surface area contributed by atoms with Crippen LogP contribution in [0.25, 0.3) is 0 Å². The summed E-state index contributed by atoms with van der Waals surface area (Å²) in [5.41, 5.74) is 1.84. The number of benzene rings is 1. The van der Waals surface area contributed by atoms with Crippen LogP contribution in [0, 0.1) is 11.3 Å². The largest absolute Gasteiger partial charge is 0.379 e. The van der Waals surface area contributed by atoms with Crippen molar-refractivity contribution in [2.75, 3.05) is 5.32 Å². The molecule has 1 heterocycles. The number of nitrogens with one attached hydrogen (secondary N) is 1. The lowest BCUT2D eigenvalue weighted by Crippen LogP contribution is -2.02. The van der Waals surface area contributed by atoms with E-state index in [2.05, 4.69) is 27.3 Å². The fourth-order valence-corrected chi connectivity index (χ4v) is 3.06. The predicted molar refractivity (Wildman–Crippen MR) is 80.5 cm³/mol. The normalized spacial score (nSPS) is 9.95. The number of thiophene rings is 1. The minimum atomic E-state index is -0.00796. The third kappa shape index (κ3) is 3.43. The number of carbonyl (C=O) groups is 1. The predicted octanol–water partition coefficient (Wildman–Crippen LogP) is 4.20. The Morgan fingerprint density at radius 1 is 1.42 bits per heavy atom. The summed E-state index contributed by atoms with van der Waals surface area (Å²) in [5.74, 6) is -0.00796. The van der Waals surface area contributed by atoms with Crippen LogP contribution in [-0.4, -0.2) is 5.78 Å². The van der Waals surface area contributed by atoms with E-state index in [1.165, 1.54) is 6.92 Å². The number of nitriles is 1. The van der Waals surface area contributed by atoms with E-state index >= 15 is 0 Å². The van der Waals surface area contributed by atoms with Gasteiger partial charge in [-0.2, -0.15) is 5.26 Å². The van der Waals surface area contributed by atoms with Crippen molar-refractivity contribution in [2.24, 2.45) is 0 Å². The molecule has 0 saturated heterocycles. The Kier molecular flexibility index (Phi) is 4.35. The first-order valence-corrected chi connectivity index (χ1v) is 7.24. The summed E-state index contributed by atoms with van der Waals surface area (Å²) in [5, 5.41) is 12.3. The highest BCUT2D eigenvalue weighted by Crippen LogP contribution is 2.24. The molecule has 1 aromatic carbocycles. The Labute approximate surface area is 124 Å². The summed E-state index contributed by atoms with van der Waals surface area (Å²) in [6.07, 6.45) is 0. The third-order valence-corrected chi connectivity index (χ3v) is 4.25. The highest BCUT2D eigenvalue weighted by atomic mass is 79.9. The lowest BCUT2D eigenvalue weighted by molar-refractivity contribution is 0.101. The quantitative estimate of drug-likeness (QED) is 0.852. The molecule has 19 heavy (non-hydrogen) atoms. The van der Waals surface area contributed by atoms with Crippen LogP contribution in [0.3, 0.4) is 0 Å². The molecule has 0 unspecified atom stereocenters. The van der Waals surface area contributed by atoms with E-state index in [1.54, 1.807) is 29.5 Å². The lowest BCUT2D eigenvalue weighted by atomic mass is 10.1. The van der Waals surface area contributed by atoms with Crippen LogP contribution in [0.15, 0.2) is 34.1 Å². The van der Waals surface area contributed by atoms with Crippen molar-refractivity contribution >= 4 is 38.7 Å². The van der Waals surface area contributed by atoms with E-state index in [0.29, 0.717) is 23.4 Å². The summed E-state index contributed by atoms with van der Waals surface area (Å²) < 4.78 is 1.07. The van der Waals surface area contributed by atoms with E-state index in [0.717, 1.165) is 8.66 Å². The average Bonchev–Trinajstić information content (AvgIpc) is 2.81. The molecular weight excluding hydrogens is 324 g/mol. The zero-order valence-electron chi connectivity index (χ0n) is 10.2. The summed E-state index contributed by atoms with van der Waals surface area (Å²) in [7, 11) is 0. The SMILES string of the molecule is CC(=O)c1ccc(C#N)c(NCc2ccc(Br)s2)c1. The van der Waals surface area contributed by atoms with Crippen molar-refractivity contribution in [2.45, 2.75) is 13.5 Å². The van der Waals surface area contributed by atoms with Gasteiger partial charge in [0.25, 0.3) is 0 Å². The van der Waals surface area contributed by atoms with Crippen molar-refractivity contribution in [3.05, 3.63) is 50.1 Å². The molecule has 0 fully saturated rings. The van der Waals surface area contributed by atoms with Crippen LogP contribution < -0.4 is 5.32 Å². The van der Waals surface area contributed by atoms with Gasteiger partial charge in [0, 0.05) is 17.0 Å². The Bertz CT molecular complexity index is 658. The van der Waals surface area contributed by atoms with E-state index < -0.39 is 0 Å². The van der Waals surface area contributed by atoms with E-state index in [9.17, 15) is 4.79 Å². The molecule has 0 atom stereocenters. The summed E-state index contributed by atoms with van der Waals surface area (Å²) in [6.45, 7) is 2.15. The molecule has 0 aliphatic carbocycles. The number of carbonyl (C=O) groups excluding carboxylic acids is 1. The standard InChI is InChI=1S/C14H11BrN2OS/c1-9(18)10-2-3-11(7-16)13(6-10)17-8-12-4-5-14(15)19-12/h2-6,17H,8H2,1H3. The zero-order chi connectivity index (χ0) is 13.8. The van der Waals surface area contributed by atoms with E-state index in [1.807, 2.05) is 12.1 Å². The maximum atomic E-state index is 11.4. The molecule has 1 aromatic heterocycles. The molecule has 2 rings (SSSR count). The highest BCUT2D eigenvalue weighted by molar-refractivity contribution is 9.11. The maximum Gasteiger partial charge on any atom is 0.159 e. The first-order valence-electron chi connectivity index (χ1n) is 5.63. The monoisotopic (exact) mass is 334 g/mol. The van der Waals surface area contributed by atoms with Crippen molar-refractivity contribution in [1.82, 2.24) is 0 Å². The average molecular weight is 335 g/mol. The van der Waals surface area contributed by atoms with Gasteiger partial charge in [0.05, 0.1) is 15.0 Å². The van der Waals surface area contributed by atoms with Crippen molar-refractivity contribution in [3.63, 3.8) is 0 Å². The molecule has 1 N–H and O–H groups in total. The fraction of sp³-hybridized carbons (Fsp3) is 0.143. The van der Waals surface area contributed by atoms with Gasteiger partial charge in [-0.3, -0.25) is 4.79 Å². The molecule has 0 saturated carbocycles. The molecule has 0 aliphatic rings. The van der Waals surface area contributed by atoms with Crippen LogP contribution in [0.1, 0.15) is 27.7 Å². The number of hydrogen-bond donors (Lipinski definition) is 1. The first kappa shape index (κ1) is 13.8. The molecule has 0 amide bonds. The number of anilines is 1. The van der Waals surface area contributed by atoms with E-state index in [-0.39, 0.29) is 5.78 Å². The molecule has 96 valence electrons. The first-order chi connectivity index (χ1) is 9.10. The van der Waals surface area contributed by atoms with Gasteiger partial charge in [-0.15, -0.1) is 11.3 Å². The fourth-order valence-electron chi connectivity index (χ4n) is 1.64. The summed E-state index contributed by atoms with van der Waals surface area (Å²) in [4.78, 5) is 12.5. The second-order valence-electron chi connectivity index (χ2n) is 3.99. The Balaban J connectivity index is 2.20. The van der Waals surface area contributed by atoms with Crippen molar-refractivity contribution in [3.8, 4) is 6.07 Å². The van der Waals surface area contributed by atoms with Crippen LogP contribution in [0.2, 0.25) is 0 Å². The van der Waals surface area contributed by atoms with Gasteiger partial charge in [0.15, 0.2) is 5.78 Å². The second kappa shape index (κ2) is 6.00. The maximum absolute atomic E-state index is 11.4. The van der Waals surface area contributed by atoms with Gasteiger partial charge >= 0.3 is 0 Å². The molecule has 0 spiro atoms. The molecular formula is C14H11BrN2OS. The number of halogens is 1. The molecule has 2 aromatic rings.